The van der Waals surface area contributed by atoms with E-state index in [1.807, 2.05) is 31.2 Å². The highest BCUT2D eigenvalue weighted by atomic mass is 79.9. The van der Waals surface area contributed by atoms with Gasteiger partial charge in [-0.15, -0.1) is 0 Å². The van der Waals surface area contributed by atoms with Gasteiger partial charge < -0.3 is 5.32 Å². The summed E-state index contributed by atoms with van der Waals surface area (Å²) in [7, 11) is 0. The summed E-state index contributed by atoms with van der Waals surface area (Å²) in [5.74, 6) is -0.414. The van der Waals surface area contributed by atoms with Crippen LogP contribution in [-0.2, 0) is 0 Å². The summed E-state index contributed by atoms with van der Waals surface area (Å²) in [4.78, 5) is 0. The van der Waals surface area contributed by atoms with Gasteiger partial charge in [0.1, 0.15) is 11.9 Å². The van der Waals surface area contributed by atoms with Crippen LogP contribution in [0.25, 0.3) is 0 Å². The molecule has 2 nitrogen and oxygen atoms in total. The summed E-state index contributed by atoms with van der Waals surface area (Å²) in [5.41, 5.74) is 2.82. The van der Waals surface area contributed by atoms with Gasteiger partial charge in [-0.25, -0.2) is 4.39 Å². The molecule has 1 N–H and O–H groups in total. The van der Waals surface area contributed by atoms with Crippen LogP contribution in [0.2, 0.25) is 0 Å². The maximum atomic E-state index is 13.0. The number of hydrogen-bond donors (Lipinski definition) is 1. The third kappa shape index (κ3) is 2.88. The van der Waals surface area contributed by atoms with Gasteiger partial charge >= 0.3 is 0 Å². The minimum Gasteiger partial charge on any atom is -0.354 e. The fourth-order valence-electron chi connectivity index (χ4n) is 1.68. The molecular weight excluding hydrogens is 295 g/mol. The van der Waals surface area contributed by atoms with Crippen molar-refractivity contribution in [2.45, 2.75) is 6.92 Å². The van der Waals surface area contributed by atoms with Crippen molar-refractivity contribution in [1.82, 2.24) is 0 Å². The van der Waals surface area contributed by atoms with E-state index in [-0.39, 0.29) is 5.56 Å². The molecule has 0 bridgehead atoms. The Balaban J connectivity index is 2.37. The number of rotatable bonds is 2. The maximum Gasteiger partial charge on any atom is 0.124 e. The largest absolute Gasteiger partial charge is 0.354 e. The van der Waals surface area contributed by atoms with Crippen LogP contribution in [0.1, 0.15) is 11.1 Å². The third-order valence-corrected chi connectivity index (χ3v) is 2.88. The number of anilines is 2. The molecule has 0 aromatic heterocycles. The minimum absolute atomic E-state index is 0.285. The first-order valence-electron chi connectivity index (χ1n) is 5.32. The van der Waals surface area contributed by atoms with E-state index in [1.165, 1.54) is 12.1 Å². The first kappa shape index (κ1) is 12.6. The van der Waals surface area contributed by atoms with Crippen LogP contribution in [0.4, 0.5) is 15.8 Å². The van der Waals surface area contributed by atoms with E-state index in [4.69, 9.17) is 5.26 Å². The standard InChI is InChI=1S/C14H10BrFN2/c1-9-4-11(15)7-13(5-9)18-14-3-2-12(16)6-10(14)8-17/h2-7,18H,1H3. The Morgan fingerprint density at radius 3 is 2.67 bits per heavy atom. The first-order valence-corrected chi connectivity index (χ1v) is 6.11. The zero-order valence-corrected chi connectivity index (χ0v) is 11.3. The van der Waals surface area contributed by atoms with Crippen molar-refractivity contribution in [3.63, 3.8) is 0 Å². The van der Waals surface area contributed by atoms with Crippen molar-refractivity contribution in [1.29, 1.82) is 5.26 Å². The summed E-state index contributed by atoms with van der Waals surface area (Å²) >= 11 is 3.41. The normalized spacial score (nSPS) is 9.89. The number of halogens is 2. The van der Waals surface area contributed by atoms with Crippen molar-refractivity contribution in [3.05, 3.63) is 57.8 Å². The quantitative estimate of drug-likeness (QED) is 0.886. The number of nitriles is 1. The van der Waals surface area contributed by atoms with Crippen LogP contribution in [0, 0.1) is 24.1 Å². The lowest BCUT2D eigenvalue weighted by molar-refractivity contribution is 0.627. The molecule has 0 atom stereocenters. The molecule has 0 aliphatic carbocycles. The number of benzene rings is 2. The maximum absolute atomic E-state index is 13.0. The molecule has 0 saturated carbocycles. The monoisotopic (exact) mass is 304 g/mol. The highest BCUT2D eigenvalue weighted by Gasteiger charge is 2.04. The van der Waals surface area contributed by atoms with Crippen LogP contribution in [0.15, 0.2) is 40.9 Å². The Morgan fingerprint density at radius 2 is 2.00 bits per heavy atom. The van der Waals surface area contributed by atoms with Gasteiger partial charge in [-0.05, 0) is 48.9 Å². The van der Waals surface area contributed by atoms with Gasteiger partial charge in [-0.3, -0.25) is 0 Å². The van der Waals surface area contributed by atoms with Gasteiger partial charge in [0.05, 0.1) is 11.3 Å². The Bertz CT molecular complexity index is 612. The zero-order chi connectivity index (χ0) is 13.1. The van der Waals surface area contributed by atoms with E-state index in [9.17, 15) is 4.39 Å². The average Bonchev–Trinajstić information content (AvgIpc) is 2.30. The molecule has 0 aliphatic rings. The summed E-state index contributed by atoms with van der Waals surface area (Å²) in [6.45, 7) is 1.98. The molecule has 18 heavy (non-hydrogen) atoms. The van der Waals surface area contributed by atoms with Crippen molar-refractivity contribution in [3.8, 4) is 6.07 Å². The van der Waals surface area contributed by atoms with Gasteiger partial charge in [0, 0.05) is 10.2 Å². The Morgan fingerprint density at radius 1 is 1.22 bits per heavy atom. The molecule has 4 heteroatoms. The fraction of sp³-hybridized carbons (Fsp3) is 0.0714. The summed E-state index contributed by atoms with van der Waals surface area (Å²) < 4.78 is 14.0. The van der Waals surface area contributed by atoms with E-state index in [2.05, 4.69) is 21.2 Å². The van der Waals surface area contributed by atoms with Crippen molar-refractivity contribution >= 4 is 27.3 Å². The van der Waals surface area contributed by atoms with E-state index < -0.39 is 5.82 Å². The lowest BCUT2D eigenvalue weighted by atomic mass is 10.1. The summed E-state index contributed by atoms with van der Waals surface area (Å²) in [5, 5.41) is 12.1. The first-order chi connectivity index (χ1) is 8.58. The summed E-state index contributed by atoms with van der Waals surface area (Å²) in [6.07, 6.45) is 0. The fourth-order valence-corrected chi connectivity index (χ4v) is 2.29. The number of hydrogen-bond acceptors (Lipinski definition) is 2. The van der Waals surface area contributed by atoms with Crippen molar-refractivity contribution in [2.24, 2.45) is 0 Å². The van der Waals surface area contributed by atoms with E-state index in [0.717, 1.165) is 15.7 Å². The zero-order valence-electron chi connectivity index (χ0n) is 9.67. The predicted octanol–water partition coefficient (Wildman–Crippen LogP) is 4.51. The average molecular weight is 305 g/mol. The lowest BCUT2D eigenvalue weighted by Gasteiger charge is -2.09. The molecule has 2 aromatic carbocycles. The second kappa shape index (κ2) is 5.19. The van der Waals surface area contributed by atoms with Crippen LogP contribution < -0.4 is 5.32 Å². The molecule has 0 aliphatic heterocycles. The Hall–Kier alpha value is -1.86. The van der Waals surface area contributed by atoms with E-state index in [1.54, 1.807) is 6.07 Å². The molecule has 0 amide bonds. The molecule has 0 fully saturated rings. The van der Waals surface area contributed by atoms with Crippen molar-refractivity contribution < 1.29 is 4.39 Å². The third-order valence-electron chi connectivity index (χ3n) is 2.42. The van der Waals surface area contributed by atoms with Gasteiger partial charge in [0.25, 0.3) is 0 Å². The van der Waals surface area contributed by atoms with Crippen LogP contribution in [-0.4, -0.2) is 0 Å². The van der Waals surface area contributed by atoms with Gasteiger partial charge in [-0.2, -0.15) is 5.26 Å². The second-order valence-electron chi connectivity index (χ2n) is 3.94. The van der Waals surface area contributed by atoms with Crippen LogP contribution in [0.3, 0.4) is 0 Å². The van der Waals surface area contributed by atoms with Crippen LogP contribution >= 0.6 is 15.9 Å². The molecule has 90 valence electrons. The number of nitrogens with one attached hydrogen (secondary N) is 1. The highest BCUT2D eigenvalue weighted by molar-refractivity contribution is 9.10. The topological polar surface area (TPSA) is 35.8 Å². The predicted molar refractivity (Wildman–Crippen MR) is 73.3 cm³/mol. The molecular formula is C14H10BrFN2. The highest BCUT2D eigenvalue weighted by Crippen LogP contribution is 2.25. The number of aryl methyl sites for hydroxylation is 1. The Labute approximate surface area is 113 Å². The molecule has 0 unspecified atom stereocenters. The molecule has 2 rings (SSSR count). The lowest BCUT2D eigenvalue weighted by Crippen LogP contribution is -1.95. The van der Waals surface area contributed by atoms with Gasteiger partial charge in [0.15, 0.2) is 0 Å². The molecule has 0 heterocycles. The van der Waals surface area contributed by atoms with Gasteiger partial charge in [-0.1, -0.05) is 15.9 Å². The minimum atomic E-state index is -0.414. The van der Waals surface area contributed by atoms with Crippen molar-refractivity contribution in [2.75, 3.05) is 5.32 Å². The Kier molecular flexibility index (Phi) is 3.63. The smallest absolute Gasteiger partial charge is 0.124 e. The molecule has 2 aromatic rings. The summed E-state index contributed by atoms with van der Waals surface area (Å²) in [6, 6.07) is 11.9. The van der Waals surface area contributed by atoms with Crippen LogP contribution in [0.5, 0.6) is 0 Å². The molecule has 0 spiro atoms. The number of nitrogens with zero attached hydrogens (tertiary/aromatic N) is 1. The second-order valence-corrected chi connectivity index (χ2v) is 4.86. The van der Waals surface area contributed by atoms with E-state index >= 15 is 0 Å². The van der Waals surface area contributed by atoms with Gasteiger partial charge in [0.2, 0.25) is 0 Å². The molecule has 0 saturated heterocycles. The SMILES string of the molecule is Cc1cc(Br)cc(Nc2ccc(F)cc2C#N)c1. The molecule has 0 radical (unpaired) electrons. The van der Waals surface area contributed by atoms with E-state index in [0.29, 0.717) is 5.69 Å².